The summed E-state index contributed by atoms with van der Waals surface area (Å²) < 4.78 is 0. The number of piperidine rings is 1. The number of likely N-dealkylation sites (tertiary alicyclic amines) is 1. The highest BCUT2D eigenvalue weighted by molar-refractivity contribution is 6.30. The number of nitrogens with two attached hydrogens (primary N) is 1. The fourth-order valence-corrected chi connectivity index (χ4v) is 4.52. The first-order valence-electron chi connectivity index (χ1n) is 9.72. The van der Waals surface area contributed by atoms with Gasteiger partial charge in [-0.2, -0.15) is 0 Å². The maximum atomic E-state index is 6.27. The molecule has 0 atom stereocenters. The number of hydrogen-bond donors (Lipinski definition) is 2. The average Bonchev–Trinajstić information content (AvgIpc) is 2.95. The van der Waals surface area contributed by atoms with E-state index in [4.69, 9.17) is 17.3 Å². The second-order valence-corrected chi connectivity index (χ2v) is 8.20. The van der Waals surface area contributed by atoms with Crippen molar-refractivity contribution >= 4 is 23.0 Å². The summed E-state index contributed by atoms with van der Waals surface area (Å²) in [5.41, 5.74) is 10.8. The van der Waals surface area contributed by atoms with Crippen LogP contribution in [0, 0.1) is 0 Å². The van der Waals surface area contributed by atoms with Gasteiger partial charge in [0.2, 0.25) is 0 Å². The van der Waals surface area contributed by atoms with E-state index in [2.05, 4.69) is 45.5 Å². The zero-order valence-corrected chi connectivity index (χ0v) is 16.8. The molecule has 5 nitrogen and oxygen atoms in total. The minimum atomic E-state index is 0.0189. The van der Waals surface area contributed by atoms with E-state index >= 15 is 0 Å². The SMILES string of the molecule is C=C(N)c1ncc(CCCN2CCC3(CC2)C(=C)Nc2ccc(Cl)cc23)cn1. The molecule has 6 heteroatoms. The van der Waals surface area contributed by atoms with Gasteiger partial charge in [0, 0.05) is 34.2 Å². The largest absolute Gasteiger partial charge is 0.396 e. The van der Waals surface area contributed by atoms with Crippen molar-refractivity contribution in [2.75, 3.05) is 25.0 Å². The minimum absolute atomic E-state index is 0.0189. The molecule has 0 radical (unpaired) electrons. The molecule has 0 amide bonds. The second-order valence-electron chi connectivity index (χ2n) is 7.76. The Morgan fingerprint density at radius 3 is 2.64 bits per heavy atom. The van der Waals surface area contributed by atoms with Crippen molar-refractivity contribution in [1.82, 2.24) is 14.9 Å². The molecule has 0 saturated carbocycles. The van der Waals surface area contributed by atoms with Crippen LogP contribution < -0.4 is 11.1 Å². The number of hydrogen-bond acceptors (Lipinski definition) is 5. The molecule has 3 N–H and O–H groups in total. The topological polar surface area (TPSA) is 67.1 Å². The van der Waals surface area contributed by atoms with Crippen molar-refractivity contribution in [3.05, 3.63) is 71.4 Å². The Hall–Kier alpha value is -2.37. The summed E-state index contributed by atoms with van der Waals surface area (Å²) in [5.74, 6) is 0.510. The van der Waals surface area contributed by atoms with Crippen LogP contribution in [0.4, 0.5) is 5.69 Å². The number of rotatable bonds is 5. The van der Waals surface area contributed by atoms with Crippen LogP contribution >= 0.6 is 11.6 Å². The van der Waals surface area contributed by atoms with Crippen molar-refractivity contribution in [3.63, 3.8) is 0 Å². The summed E-state index contributed by atoms with van der Waals surface area (Å²) in [6.45, 7) is 11.2. The highest BCUT2D eigenvalue weighted by Gasteiger charge is 2.44. The van der Waals surface area contributed by atoms with E-state index in [1.54, 1.807) is 0 Å². The summed E-state index contributed by atoms with van der Waals surface area (Å²) in [7, 11) is 0. The van der Waals surface area contributed by atoms with Crippen molar-refractivity contribution in [3.8, 4) is 0 Å². The normalized spacial score (nSPS) is 18.1. The molecule has 2 aromatic rings. The highest BCUT2D eigenvalue weighted by atomic mass is 35.5. The number of allylic oxidation sites excluding steroid dienone is 1. The monoisotopic (exact) mass is 395 g/mol. The first-order valence-corrected chi connectivity index (χ1v) is 10.1. The van der Waals surface area contributed by atoms with E-state index in [1.807, 2.05) is 18.5 Å². The zero-order chi connectivity index (χ0) is 19.7. The molecule has 0 bridgehead atoms. The van der Waals surface area contributed by atoms with E-state index in [0.29, 0.717) is 11.5 Å². The lowest BCUT2D eigenvalue weighted by Crippen LogP contribution is -2.43. The number of benzene rings is 1. The van der Waals surface area contributed by atoms with Gasteiger partial charge in [-0.3, -0.25) is 0 Å². The van der Waals surface area contributed by atoms with Gasteiger partial charge >= 0.3 is 0 Å². The van der Waals surface area contributed by atoms with Crippen molar-refractivity contribution in [1.29, 1.82) is 0 Å². The number of fused-ring (bicyclic) bond motifs is 2. The fourth-order valence-electron chi connectivity index (χ4n) is 4.35. The van der Waals surface area contributed by atoms with Gasteiger partial charge in [0.15, 0.2) is 5.82 Å². The lowest BCUT2D eigenvalue weighted by molar-refractivity contribution is 0.179. The van der Waals surface area contributed by atoms with E-state index in [0.717, 1.165) is 67.3 Å². The lowest BCUT2D eigenvalue weighted by Gasteiger charge is -2.40. The summed E-state index contributed by atoms with van der Waals surface area (Å²) in [5, 5.41) is 4.27. The molecule has 2 aliphatic heterocycles. The van der Waals surface area contributed by atoms with Gasteiger partial charge in [-0.25, -0.2) is 9.97 Å². The predicted octanol–water partition coefficient (Wildman–Crippen LogP) is 3.97. The molecule has 1 fully saturated rings. The Morgan fingerprint density at radius 2 is 1.96 bits per heavy atom. The van der Waals surface area contributed by atoms with Crippen LogP contribution in [0.2, 0.25) is 5.02 Å². The number of nitrogens with one attached hydrogen (secondary N) is 1. The van der Waals surface area contributed by atoms with E-state index in [-0.39, 0.29) is 5.41 Å². The highest BCUT2D eigenvalue weighted by Crippen LogP contribution is 2.50. The number of aryl methyl sites for hydroxylation is 1. The van der Waals surface area contributed by atoms with Crippen molar-refractivity contribution < 1.29 is 0 Å². The first kappa shape index (κ1) is 19.0. The summed E-state index contributed by atoms with van der Waals surface area (Å²) in [4.78, 5) is 11.0. The van der Waals surface area contributed by atoms with Crippen molar-refractivity contribution in [2.45, 2.75) is 31.1 Å². The molecule has 1 aromatic heterocycles. The third-order valence-electron chi connectivity index (χ3n) is 6.00. The summed E-state index contributed by atoms with van der Waals surface area (Å²) in [6.07, 6.45) is 7.89. The van der Waals surface area contributed by atoms with Crippen molar-refractivity contribution in [2.24, 2.45) is 5.73 Å². The maximum absolute atomic E-state index is 6.27. The van der Waals surface area contributed by atoms with Gasteiger partial charge in [0.05, 0.1) is 5.70 Å². The zero-order valence-electron chi connectivity index (χ0n) is 16.0. The van der Waals surface area contributed by atoms with Gasteiger partial charge in [0.25, 0.3) is 0 Å². The molecule has 1 aromatic carbocycles. The number of aromatic nitrogens is 2. The van der Waals surface area contributed by atoms with E-state index in [1.165, 1.54) is 5.56 Å². The Bertz CT molecular complexity index is 898. The molecule has 28 heavy (non-hydrogen) atoms. The Morgan fingerprint density at radius 1 is 1.25 bits per heavy atom. The molecule has 2 aliphatic rings. The van der Waals surface area contributed by atoms with Crippen LogP contribution in [-0.2, 0) is 11.8 Å². The molecule has 1 saturated heterocycles. The summed E-state index contributed by atoms with van der Waals surface area (Å²) >= 11 is 6.27. The predicted molar refractivity (Wildman–Crippen MR) is 115 cm³/mol. The van der Waals surface area contributed by atoms with Crippen LogP contribution in [0.15, 0.2) is 49.4 Å². The van der Waals surface area contributed by atoms with E-state index in [9.17, 15) is 0 Å². The van der Waals surface area contributed by atoms with Crippen LogP contribution in [-0.4, -0.2) is 34.5 Å². The lowest BCUT2D eigenvalue weighted by atomic mass is 9.72. The van der Waals surface area contributed by atoms with Gasteiger partial charge in [-0.1, -0.05) is 24.8 Å². The quantitative estimate of drug-likeness (QED) is 0.801. The maximum Gasteiger partial charge on any atom is 0.174 e. The third kappa shape index (κ3) is 3.52. The van der Waals surface area contributed by atoms with Crippen LogP contribution in [0.3, 0.4) is 0 Å². The average molecular weight is 396 g/mol. The molecular weight excluding hydrogens is 370 g/mol. The van der Waals surface area contributed by atoms with Crippen LogP contribution in [0.1, 0.15) is 36.2 Å². The fraction of sp³-hybridized carbons (Fsp3) is 0.364. The standard InChI is InChI=1S/C22H26ClN5/c1-15(24)21-25-13-17(14-26-21)4-3-9-28-10-7-22(8-11-28)16(2)27-20-6-5-18(23)12-19(20)22/h5-6,12-14,27H,1-4,7-11,24H2. The Kier molecular flexibility index (Phi) is 5.13. The number of anilines is 1. The van der Waals surface area contributed by atoms with Gasteiger partial charge < -0.3 is 16.0 Å². The second kappa shape index (κ2) is 7.57. The molecule has 1 spiro atoms. The molecule has 0 aliphatic carbocycles. The smallest absolute Gasteiger partial charge is 0.174 e. The molecular formula is C22H26ClN5. The number of nitrogens with zero attached hydrogens (tertiary/aromatic N) is 3. The minimum Gasteiger partial charge on any atom is -0.396 e. The Labute approximate surface area is 171 Å². The first-order chi connectivity index (χ1) is 13.5. The number of halogens is 1. The summed E-state index contributed by atoms with van der Waals surface area (Å²) in [6, 6.07) is 6.11. The third-order valence-corrected chi connectivity index (χ3v) is 6.24. The van der Waals surface area contributed by atoms with Crippen LogP contribution in [0.5, 0.6) is 0 Å². The van der Waals surface area contributed by atoms with Crippen LogP contribution in [0.25, 0.3) is 5.70 Å². The van der Waals surface area contributed by atoms with E-state index < -0.39 is 0 Å². The molecule has 4 rings (SSSR count). The molecule has 3 heterocycles. The van der Waals surface area contributed by atoms with Gasteiger partial charge in [-0.15, -0.1) is 0 Å². The van der Waals surface area contributed by atoms with Gasteiger partial charge in [-0.05, 0) is 74.6 Å². The molecule has 0 unspecified atom stereocenters. The Balaban J connectivity index is 1.32. The van der Waals surface area contributed by atoms with Gasteiger partial charge in [0.1, 0.15) is 0 Å². The molecule has 146 valence electrons.